The number of hydrogen-bond donors (Lipinski definition) is 0. The third-order valence-corrected chi connectivity index (χ3v) is 2.97. The lowest BCUT2D eigenvalue weighted by Gasteiger charge is -2.18. The first-order valence-electron chi connectivity index (χ1n) is 5.82. The Bertz CT molecular complexity index is 751. The maximum atomic E-state index is 8.79. The molecule has 0 saturated heterocycles. The van der Waals surface area contributed by atoms with Gasteiger partial charge in [0.25, 0.3) is 0 Å². The second-order valence-electron chi connectivity index (χ2n) is 4.14. The van der Waals surface area contributed by atoms with E-state index in [1.54, 1.807) is 22.8 Å². The molecule has 1 aromatic carbocycles. The standard InChI is InChI=1S/C14H11N5/c1-18(12-4-2-11(10-15)3-5-12)13-7-9-19-14(17-13)6-8-16-19/h2-9H,1H3. The van der Waals surface area contributed by atoms with E-state index in [1.165, 1.54) is 0 Å². The quantitative estimate of drug-likeness (QED) is 0.699. The second-order valence-corrected chi connectivity index (χ2v) is 4.14. The second kappa shape index (κ2) is 4.42. The number of benzene rings is 1. The molecule has 2 heterocycles. The molecule has 92 valence electrons. The molecule has 5 heteroatoms. The van der Waals surface area contributed by atoms with Crippen molar-refractivity contribution in [1.29, 1.82) is 5.26 Å². The molecule has 5 nitrogen and oxygen atoms in total. The SMILES string of the molecule is CN(c1ccc(C#N)cc1)c1ccn2nccc2n1. The van der Waals surface area contributed by atoms with Crippen molar-refractivity contribution in [3.8, 4) is 6.07 Å². The topological polar surface area (TPSA) is 57.2 Å². The third kappa shape index (κ3) is 2.00. The Balaban J connectivity index is 1.97. The van der Waals surface area contributed by atoms with E-state index in [9.17, 15) is 0 Å². The largest absolute Gasteiger partial charge is 0.329 e. The van der Waals surface area contributed by atoms with Crippen LogP contribution < -0.4 is 4.90 Å². The number of aromatic nitrogens is 3. The van der Waals surface area contributed by atoms with Crippen molar-refractivity contribution < 1.29 is 0 Å². The lowest BCUT2D eigenvalue weighted by Crippen LogP contribution is -2.11. The van der Waals surface area contributed by atoms with Gasteiger partial charge in [0, 0.05) is 25.0 Å². The van der Waals surface area contributed by atoms with Gasteiger partial charge in [-0.3, -0.25) is 0 Å². The molecule has 0 N–H and O–H groups in total. The fraction of sp³-hybridized carbons (Fsp3) is 0.0714. The van der Waals surface area contributed by atoms with Crippen molar-refractivity contribution in [2.75, 3.05) is 11.9 Å². The summed E-state index contributed by atoms with van der Waals surface area (Å²) in [4.78, 5) is 6.48. The van der Waals surface area contributed by atoms with E-state index in [4.69, 9.17) is 5.26 Å². The Morgan fingerprint density at radius 3 is 2.68 bits per heavy atom. The first-order chi connectivity index (χ1) is 9.28. The molecular weight excluding hydrogens is 238 g/mol. The van der Waals surface area contributed by atoms with E-state index < -0.39 is 0 Å². The summed E-state index contributed by atoms with van der Waals surface area (Å²) in [6.07, 6.45) is 3.59. The summed E-state index contributed by atoms with van der Waals surface area (Å²) < 4.78 is 1.72. The zero-order valence-corrected chi connectivity index (χ0v) is 10.4. The van der Waals surface area contributed by atoms with Crippen LogP contribution in [0.1, 0.15) is 5.56 Å². The van der Waals surface area contributed by atoms with Crippen LogP contribution in [0.2, 0.25) is 0 Å². The Hall–Kier alpha value is -2.87. The van der Waals surface area contributed by atoms with E-state index in [2.05, 4.69) is 16.2 Å². The molecule has 0 aliphatic heterocycles. The molecule has 0 amide bonds. The summed E-state index contributed by atoms with van der Waals surface area (Å²) >= 11 is 0. The van der Waals surface area contributed by atoms with Crippen molar-refractivity contribution in [2.24, 2.45) is 0 Å². The summed E-state index contributed by atoms with van der Waals surface area (Å²) in [6.45, 7) is 0. The van der Waals surface area contributed by atoms with Gasteiger partial charge in [0.1, 0.15) is 5.82 Å². The molecule has 2 aromatic heterocycles. The molecule has 0 spiro atoms. The van der Waals surface area contributed by atoms with E-state index in [0.717, 1.165) is 17.2 Å². The minimum absolute atomic E-state index is 0.649. The molecule has 0 radical (unpaired) electrons. The highest BCUT2D eigenvalue weighted by molar-refractivity contribution is 5.61. The molecule has 3 rings (SSSR count). The number of nitriles is 1. The molecule has 0 atom stereocenters. The lowest BCUT2D eigenvalue weighted by molar-refractivity contribution is 0.933. The lowest BCUT2D eigenvalue weighted by atomic mass is 10.2. The van der Waals surface area contributed by atoms with Gasteiger partial charge in [-0.05, 0) is 30.3 Å². The molecule has 0 aliphatic rings. The molecule has 0 unspecified atom stereocenters. The van der Waals surface area contributed by atoms with Gasteiger partial charge in [0.05, 0.1) is 17.8 Å². The van der Waals surface area contributed by atoms with Crippen LogP contribution in [-0.2, 0) is 0 Å². The van der Waals surface area contributed by atoms with Crippen LogP contribution in [-0.4, -0.2) is 21.6 Å². The zero-order valence-electron chi connectivity index (χ0n) is 10.4. The molecule has 0 saturated carbocycles. The molecule has 19 heavy (non-hydrogen) atoms. The summed E-state index contributed by atoms with van der Waals surface area (Å²) in [5.41, 5.74) is 2.43. The highest BCUT2D eigenvalue weighted by Gasteiger charge is 2.06. The van der Waals surface area contributed by atoms with Crippen molar-refractivity contribution >= 4 is 17.2 Å². The number of nitrogens with zero attached hydrogens (tertiary/aromatic N) is 5. The van der Waals surface area contributed by atoms with E-state index in [-0.39, 0.29) is 0 Å². The Morgan fingerprint density at radius 1 is 1.16 bits per heavy atom. The maximum Gasteiger partial charge on any atom is 0.157 e. The Morgan fingerprint density at radius 2 is 1.95 bits per heavy atom. The van der Waals surface area contributed by atoms with Gasteiger partial charge in [0.2, 0.25) is 0 Å². The van der Waals surface area contributed by atoms with Crippen LogP contribution >= 0.6 is 0 Å². The zero-order chi connectivity index (χ0) is 13.2. The summed E-state index contributed by atoms with van der Waals surface area (Å²) in [5, 5.41) is 12.9. The average Bonchev–Trinajstić information content (AvgIpc) is 2.94. The van der Waals surface area contributed by atoms with Crippen molar-refractivity contribution in [3.63, 3.8) is 0 Å². The smallest absolute Gasteiger partial charge is 0.157 e. The molecule has 3 aromatic rings. The average molecular weight is 249 g/mol. The van der Waals surface area contributed by atoms with Gasteiger partial charge in [-0.25, -0.2) is 9.50 Å². The van der Waals surface area contributed by atoms with Gasteiger partial charge in [-0.1, -0.05) is 0 Å². The van der Waals surface area contributed by atoms with Gasteiger partial charge < -0.3 is 4.90 Å². The Labute approximate surface area is 110 Å². The van der Waals surface area contributed by atoms with Crippen LogP contribution in [0.15, 0.2) is 48.8 Å². The summed E-state index contributed by atoms with van der Waals surface area (Å²) in [7, 11) is 1.94. The minimum Gasteiger partial charge on any atom is -0.329 e. The number of hydrogen-bond acceptors (Lipinski definition) is 4. The monoisotopic (exact) mass is 249 g/mol. The van der Waals surface area contributed by atoms with Crippen molar-refractivity contribution in [1.82, 2.24) is 14.6 Å². The van der Waals surface area contributed by atoms with Gasteiger partial charge >= 0.3 is 0 Å². The van der Waals surface area contributed by atoms with E-state index in [0.29, 0.717) is 5.56 Å². The van der Waals surface area contributed by atoms with Crippen LogP contribution in [0.3, 0.4) is 0 Å². The highest BCUT2D eigenvalue weighted by Crippen LogP contribution is 2.22. The number of anilines is 2. The molecule has 0 fully saturated rings. The summed E-state index contributed by atoms with van der Waals surface area (Å²) in [5.74, 6) is 0.831. The fourth-order valence-electron chi connectivity index (χ4n) is 1.88. The highest BCUT2D eigenvalue weighted by atomic mass is 15.3. The number of rotatable bonds is 2. The van der Waals surface area contributed by atoms with Gasteiger partial charge in [0.15, 0.2) is 5.65 Å². The van der Waals surface area contributed by atoms with Crippen molar-refractivity contribution in [3.05, 3.63) is 54.4 Å². The Kier molecular flexibility index (Phi) is 2.62. The first kappa shape index (κ1) is 11.2. The van der Waals surface area contributed by atoms with Gasteiger partial charge in [-0.15, -0.1) is 0 Å². The van der Waals surface area contributed by atoms with E-state index in [1.807, 2.05) is 42.4 Å². The normalized spacial score (nSPS) is 10.3. The number of fused-ring (bicyclic) bond motifs is 1. The molecule has 0 aliphatic carbocycles. The molecule has 0 bridgehead atoms. The third-order valence-electron chi connectivity index (χ3n) is 2.97. The molecular formula is C14H11N5. The van der Waals surface area contributed by atoms with Gasteiger partial charge in [-0.2, -0.15) is 10.4 Å². The predicted molar refractivity (Wildman–Crippen MR) is 72.2 cm³/mol. The van der Waals surface area contributed by atoms with Crippen molar-refractivity contribution in [2.45, 2.75) is 0 Å². The van der Waals surface area contributed by atoms with Crippen LogP contribution in [0, 0.1) is 11.3 Å². The van der Waals surface area contributed by atoms with Crippen LogP contribution in [0.5, 0.6) is 0 Å². The van der Waals surface area contributed by atoms with Crippen LogP contribution in [0.25, 0.3) is 5.65 Å². The van der Waals surface area contributed by atoms with E-state index >= 15 is 0 Å². The maximum absolute atomic E-state index is 8.79. The minimum atomic E-state index is 0.649. The summed E-state index contributed by atoms with van der Waals surface area (Å²) in [6, 6.07) is 13.3. The fourth-order valence-corrected chi connectivity index (χ4v) is 1.88. The van der Waals surface area contributed by atoms with Crippen LogP contribution in [0.4, 0.5) is 11.5 Å². The first-order valence-corrected chi connectivity index (χ1v) is 5.82. The predicted octanol–water partition coefficient (Wildman–Crippen LogP) is 2.37.